The molecule has 2 N–H and O–H groups in total. The van der Waals surface area contributed by atoms with E-state index in [2.05, 4.69) is 5.32 Å². The highest BCUT2D eigenvalue weighted by Crippen LogP contribution is 2.36. The number of rotatable bonds is 3. The number of anilines is 1. The van der Waals surface area contributed by atoms with Crippen LogP contribution in [0.15, 0.2) is 66.4 Å². The van der Waals surface area contributed by atoms with Crippen molar-refractivity contribution in [3.63, 3.8) is 0 Å². The van der Waals surface area contributed by atoms with Crippen LogP contribution in [0.2, 0.25) is 0 Å². The van der Waals surface area contributed by atoms with Crippen LogP contribution >= 0.6 is 0 Å². The highest BCUT2D eigenvalue weighted by atomic mass is 16.5. The van der Waals surface area contributed by atoms with Crippen molar-refractivity contribution in [2.75, 3.05) is 12.4 Å². The summed E-state index contributed by atoms with van der Waals surface area (Å²) in [5.74, 6) is 0.0572. The molecule has 0 amide bonds. The van der Waals surface area contributed by atoms with Gasteiger partial charge in [0.2, 0.25) is 5.78 Å². The average Bonchev–Trinajstić information content (AvgIpc) is 2.67. The van der Waals surface area contributed by atoms with Crippen molar-refractivity contribution in [3.05, 3.63) is 77.5 Å². The smallest absolute Gasteiger partial charge is 0.210 e. The molecular weight excluding hydrogens is 330 g/mol. The lowest BCUT2D eigenvalue weighted by atomic mass is 9.92. The molecule has 0 bridgehead atoms. The fourth-order valence-corrected chi connectivity index (χ4v) is 3.09. The van der Waals surface area contributed by atoms with Gasteiger partial charge < -0.3 is 15.2 Å². The number of ether oxygens (including phenoxy) is 1. The number of aromatic hydroxyl groups is 1. The first-order valence-electron chi connectivity index (χ1n) is 8.05. The lowest BCUT2D eigenvalue weighted by Crippen LogP contribution is -2.21. The van der Waals surface area contributed by atoms with Crippen molar-refractivity contribution in [1.29, 1.82) is 0 Å². The number of phenols is 1. The maximum atomic E-state index is 12.7. The van der Waals surface area contributed by atoms with Gasteiger partial charge in [0.15, 0.2) is 5.78 Å². The number of fused-ring (bicyclic) bond motifs is 2. The van der Waals surface area contributed by atoms with Gasteiger partial charge in [-0.3, -0.25) is 9.59 Å². The molecule has 0 heterocycles. The fraction of sp³-hybridized carbons (Fsp3) is 0.0476. The molecule has 1 aliphatic rings. The van der Waals surface area contributed by atoms with E-state index in [1.54, 1.807) is 49.6 Å². The molecule has 26 heavy (non-hydrogen) atoms. The number of hydrogen-bond donors (Lipinski definition) is 2. The van der Waals surface area contributed by atoms with Crippen molar-refractivity contribution in [2.24, 2.45) is 0 Å². The van der Waals surface area contributed by atoms with Crippen molar-refractivity contribution in [2.45, 2.75) is 0 Å². The molecule has 5 heteroatoms. The predicted octanol–water partition coefficient (Wildman–Crippen LogP) is 3.93. The van der Waals surface area contributed by atoms with E-state index in [1.807, 2.05) is 12.1 Å². The summed E-state index contributed by atoms with van der Waals surface area (Å²) in [6.07, 6.45) is 1.27. The molecule has 0 aliphatic heterocycles. The maximum absolute atomic E-state index is 12.7. The van der Waals surface area contributed by atoms with Crippen molar-refractivity contribution < 1.29 is 19.4 Å². The van der Waals surface area contributed by atoms with Crippen molar-refractivity contribution in [1.82, 2.24) is 0 Å². The number of ketones is 2. The molecule has 0 radical (unpaired) electrons. The summed E-state index contributed by atoms with van der Waals surface area (Å²) in [6.45, 7) is 0. The van der Waals surface area contributed by atoms with Gasteiger partial charge in [-0.05, 0) is 23.6 Å². The predicted molar refractivity (Wildman–Crippen MR) is 99.0 cm³/mol. The number of hydrogen-bond acceptors (Lipinski definition) is 5. The minimum absolute atomic E-state index is 0.0224. The van der Waals surface area contributed by atoms with Gasteiger partial charge in [0.1, 0.15) is 11.5 Å². The minimum Gasteiger partial charge on any atom is -0.506 e. The highest BCUT2D eigenvalue weighted by Gasteiger charge is 2.26. The molecule has 0 saturated heterocycles. The van der Waals surface area contributed by atoms with Gasteiger partial charge in [-0.15, -0.1) is 0 Å². The van der Waals surface area contributed by atoms with Gasteiger partial charge in [0.25, 0.3) is 0 Å². The molecule has 0 unspecified atom stereocenters. The van der Waals surface area contributed by atoms with E-state index in [0.29, 0.717) is 28.0 Å². The Bertz CT molecular complexity index is 1100. The molecule has 128 valence electrons. The van der Waals surface area contributed by atoms with Gasteiger partial charge in [-0.2, -0.15) is 0 Å². The Morgan fingerprint density at radius 1 is 0.962 bits per heavy atom. The molecule has 3 aromatic carbocycles. The Morgan fingerprint density at radius 2 is 1.69 bits per heavy atom. The second kappa shape index (κ2) is 6.04. The molecule has 0 spiro atoms. The Hall–Kier alpha value is -3.60. The first-order valence-corrected chi connectivity index (χ1v) is 8.05. The molecule has 3 aromatic rings. The first-order chi connectivity index (χ1) is 12.6. The molecule has 0 fully saturated rings. The van der Waals surface area contributed by atoms with E-state index in [-0.39, 0.29) is 23.0 Å². The second-order valence-electron chi connectivity index (χ2n) is 5.97. The number of nitrogens with one attached hydrogen (secondary N) is 1. The summed E-state index contributed by atoms with van der Waals surface area (Å²) in [4.78, 5) is 25.1. The van der Waals surface area contributed by atoms with Gasteiger partial charge in [-0.1, -0.05) is 36.4 Å². The molecule has 0 aromatic heterocycles. The molecule has 0 saturated carbocycles. The number of carbonyl (C=O) groups is 2. The zero-order valence-electron chi connectivity index (χ0n) is 13.9. The third-order valence-electron chi connectivity index (χ3n) is 4.42. The van der Waals surface area contributed by atoms with Crippen LogP contribution in [0.4, 0.5) is 5.69 Å². The van der Waals surface area contributed by atoms with Crippen LogP contribution in [0.3, 0.4) is 0 Å². The van der Waals surface area contributed by atoms with E-state index in [0.717, 1.165) is 5.39 Å². The third kappa shape index (κ3) is 2.50. The van der Waals surface area contributed by atoms with Crippen LogP contribution in [0.1, 0.15) is 20.7 Å². The van der Waals surface area contributed by atoms with Gasteiger partial charge >= 0.3 is 0 Å². The second-order valence-corrected chi connectivity index (χ2v) is 5.97. The third-order valence-corrected chi connectivity index (χ3v) is 4.42. The average molecular weight is 345 g/mol. The maximum Gasteiger partial charge on any atom is 0.210 e. The summed E-state index contributed by atoms with van der Waals surface area (Å²) < 4.78 is 5.25. The monoisotopic (exact) mass is 345 g/mol. The zero-order valence-corrected chi connectivity index (χ0v) is 13.9. The highest BCUT2D eigenvalue weighted by molar-refractivity contribution is 6.25. The van der Waals surface area contributed by atoms with Gasteiger partial charge in [0.05, 0.1) is 18.5 Å². The fourth-order valence-electron chi connectivity index (χ4n) is 3.09. The normalized spacial score (nSPS) is 13.3. The Balaban J connectivity index is 1.82. The molecule has 1 aliphatic carbocycles. The number of Topliss-reactive ketones (excluding diaryl/α,β-unsaturated/α-hetero) is 1. The largest absolute Gasteiger partial charge is 0.506 e. The Morgan fingerprint density at radius 3 is 2.46 bits per heavy atom. The first kappa shape index (κ1) is 15.9. The molecular formula is C21H15NO4. The number of benzene rings is 3. The van der Waals surface area contributed by atoms with Crippen LogP contribution in [0, 0.1) is 0 Å². The summed E-state index contributed by atoms with van der Waals surface area (Å²) in [7, 11) is 1.56. The summed E-state index contributed by atoms with van der Waals surface area (Å²) in [6, 6.07) is 15.4. The minimum atomic E-state index is -0.292. The SMILES string of the molecule is COc1ccc2ccc(O)c(NC3=CC(=O)c4ccccc4C3=O)c2c1. The van der Waals surface area contributed by atoms with E-state index in [1.165, 1.54) is 6.08 Å². The topological polar surface area (TPSA) is 75.6 Å². The summed E-state index contributed by atoms with van der Waals surface area (Å²) in [5.41, 5.74) is 1.21. The quantitative estimate of drug-likeness (QED) is 0.704. The zero-order chi connectivity index (χ0) is 18.3. The van der Waals surface area contributed by atoms with Crippen molar-refractivity contribution in [3.8, 4) is 11.5 Å². The number of methoxy groups -OCH3 is 1. The van der Waals surface area contributed by atoms with Crippen LogP contribution in [0.5, 0.6) is 11.5 Å². The number of carbonyl (C=O) groups excluding carboxylic acids is 2. The van der Waals surface area contributed by atoms with E-state index < -0.39 is 0 Å². The number of allylic oxidation sites excluding steroid dienone is 2. The van der Waals surface area contributed by atoms with Crippen LogP contribution in [-0.2, 0) is 0 Å². The van der Waals surface area contributed by atoms with E-state index >= 15 is 0 Å². The standard InChI is InChI=1S/C21H15NO4/c1-26-13-8-6-12-7-9-18(23)20(16(12)10-13)22-17-11-19(24)14-4-2-3-5-15(14)21(17)25/h2-11,22-23H,1H3. The van der Waals surface area contributed by atoms with Crippen LogP contribution in [-0.4, -0.2) is 23.8 Å². The van der Waals surface area contributed by atoms with Crippen LogP contribution < -0.4 is 10.1 Å². The summed E-state index contributed by atoms with van der Waals surface area (Å²) in [5, 5.41) is 14.8. The lowest BCUT2D eigenvalue weighted by Gasteiger charge is -2.18. The molecule has 0 atom stereocenters. The summed E-state index contributed by atoms with van der Waals surface area (Å²) >= 11 is 0. The van der Waals surface area contributed by atoms with Gasteiger partial charge in [0, 0.05) is 22.6 Å². The van der Waals surface area contributed by atoms with Crippen LogP contribution in [0.25, 0.3) is 10.8 Å². The lowest BCUT2D eigenvalue weighted by molar-refractivity contribution is 0.0985. The molecule has 5 nitrogen and oxygen atoms in total. The van der Waals surface area contributed by atoms with E-state index in [4.69, 9.17) is 4.74 Å². The molecule has 4 rings (SSSR count). The Labute approximate surface area is 149 Å². The van der Waals surface area contributed by atoms with Crippen molar-refractivity contribution >= 4 is 28.0 Å². The van der Waals surface area contributed by atoms with Gasteiger partial charge in [-0.25, -0.2) is 0 Å². The van der Waals surface area contributed by atoms with E-state index in [9.17, 15) is 14.7 Å². The number of phenolic OH excluding ortho intramolecular Hbond substituents is 1. The Kier molecular flexibility index (Phi) is 3.69.